The van der Waals surface area contributed by atoms with Crippen LogP contribution in [0.2, 0.25) is 0 Å². The number of hydrogen-bond donors (Lipinski definition) is 2. The Labute approximate surface area is 153 Å². The lowest BCUT2D eigenvalue weighted by atomic mass is 10.1. The Hall–Kier alpha value is -2.60. The number of non-ortho nitro benzene ring substituents is 1. The highest BCUT2D eigenvalue weighted by atomic mass is 35.5. The van der Waals surface area contributed by atoms with Gasteiger partial charge in [-0.15, -0.1) is 12.4 Å². The Morgan fingerprint density at radius 1 is 1.00 bits per heavy atom. The first kappa shape index (κ1) is 20.4. The predicted molar refractivity (Wildman–Crippen MR) is 101 cm³/mol. The standard InChI is InChI=1S/C18H21N3O3.ClH/c19-16-8-4-15(5-9-16)13-18(22)20-12-2-1-3-14-6-10-17(11-7-14)21(23)24;/h4-11H,1-3,12-13,19H2,(H,20,22);1H. The average Bonchev–Trinajstić information content (AvgIpc) is 2.57. The van der Waals surface area contributed by atoms with Crippen LogP contribution in [0.25, 0.3) is 0 Å². The fourth-order valence-corrected chi connectivity index (χ4v) is 2.35. The van der Waals surface area contributed by atoms with E-state index in [1.54, 1.807) is 24.3 Å². The quantitative estimate of drug-likeness (QED) is 0.325. The number of nitrogens with zero attached hydrogens (tertiary/aromatic N) is 1. The molecule has 0 saturated carbocycles. The summed E-state index contributed by atoms with van der Waals surface area (Å²) in [5.74, 6) is -0.00453. The van der Waals surface area contributed by atoms with Gasteiger partial charge in [-0.3, -0.25) is 14.9 Å². The van der Waals surface area contributed by atoms with Gasteiger partial charge >= 0.3 is 0 Å². The molecule has 0 radical (unpaired) electrons. The van der Waals surface area contributed by atoms with Crippen LogP contribution < -0.4 is 11.1 Å². The fraction of sp³-hybridized carbons (Fsp3) is 0.278. The molecule has 6 nitrogen and oxygen atoms in total. The summed E-state index contributed by atoms with van der Waals surface area (Å²) in [5, 5.41) is 13.5. The van der Waals surface area contributed by atoms with E-state index in [0.29, 0.717) is 18.7 Å². The first-order valence-electron chi connectivity index (χ1n) is 7.89. The van der Waals surface area contributed by atoms with E-state index in [4.69, 9.17) is 5.73 Å². The number of nitrogen functional groups attached to an aromatic ring is 1. The predicted octanol–water partition coefficient (Wildman–Crippen LogP) is 3.28. The van der Waals surface area contributed by atoms with Crippen molar-refractivity contribution in [3.05, 3.63) is 69.8 Å². The van der Waals surface area contributed by atoms with Crippen molar-refractivity contribution in [2.75, 3.05) is 12.3 Å². The van der Waals surface area contributed by atoms with Crippen molar-refractivity contribution in [3.63, 3.8) is 0 Å². The monoisotopic (exact) mass is 363 g/mol. The van der Waals surface area contributed by atoms with Gasteiger partial charge in [-0.25, -0.2) is 0 Å². The van der Waals surface area contributed by atoms with Crippen LogP contribution in [0, 0.1) is 10.1 Å². The van der Waals surface area contributed by atoms with E-state index in [1.807, 2.05) is 12.1 Å². The summed E-state index contributed by atoms with van der Waals surface area (Å²) in [6, 6.07) is 13.9. The number of rotatable bonds is 8. The summed E-state index contributed by atoms with van der Waals surface area (Å²) < 4.78 is 0. The van der Waals surface area contributed by atoms with Gasteiger partial charge in [-0.1, -0.05) is 24.3 Å². The summed E-state index contributed by atoms with van der Waals surface area (Å²) in [4.78, 5) is 22.0. The molecule has 3 N–H and O–H groups in total. The molecule has 0 atom stereocenters. The number of halogens is 1. The number of unbranched alkanes of at least 4 members (excludes halogenated alkanes) is 1. The number of nitro groups is 1. The second kappa shape index (κ2) is 10.3. The van der Waals surface area contributed by atoms with E-state index in [9.17, 15) is 14.9 Å². The number of benzene rings is 2. The SMILES string of the molecule is Cl.Nc1ccc(CC(=O)NCCCCc2ccc([N+](=O)[O-])cc2)cc1. The highest BCUT2D eigenvalue weighted by molar-refractivity contribution is 5.85. The first-order valence-corrected chi connectivity index (χ1v) is 7.89. The van der Waals surface area contributed by atoms with Gasteiger partial charge in [0, 0.05) is 24.4 Å². The molecular weight excluding hydrogens is 342 g/mol. The molecular formula is C18H22ClN3O3. The van der Waals surface area contributed by atoms with E-state index in [1.165, 1.54) is 12.1 Å². The lowest BCUT2D eigenvalue weighted by Gasteiger charge is -2.06. The summed E-state index contributed by atoms with van der Waals surface area (Å²) in [5.41, 5.74) is 8.40. The van der Waals surface area contributed by atoms with Crippen LogP contribution in [0.15, 0.2) is 48.5 Å². The number of carbonyl (C=O) groups is 1. The molecule has 0 saturated heterocycles. The van der Waals surface area contributed by atoms with Crippen molar-refractivity contribution in [1.82, 2.24) is 5.32 Å². The number of carbonyl (C=O) groups excluding carboxylic acids is 1. The lowest BCUT2D eigenvalue weighted by molar-refractivity contribution is -0.384. The summed E-state index contributed by atoms with van der Waals surface area (Å²) >= 11 is 0. The van der Waals surface area contributed by atoms with Gasteiger partial charge in [0.1, 0.15) is 0 Å². The molecule has 0 aliphatic carbocycles. The molecule has 1 amide bonds. The molecule has 0 spiro atoms. The molecule has 134 valence electrons. The molecule has 0 unspecified atom stereocenters. The summed E-state index contributed by atoms with van der Waals surface area (Å²) in [6.07, 6.45) is 2.97. The second-order valence-electron chi connectivity index (χ2n) is 5.65. The molecule has 2 rings (SSSR count). The van der Waals surface area contributed by atoms with E-state index >= 15 is 0 Å². The number of anilines is 1. The Balaban J connectivity index is 0.00000312. The normalized spacial score (nSPS) is 9.92. The van der Waals surface area contributed by atoms with Gasteiger partial charge in [-0.2, -0.15) is 0 Å². The minimum atomic E-state index is -0.402. The van der Waals surface area contributed by atoms with E-state index in [0.717, 1.165) is 30.4 Å². The summed E-state index contributed by atoms with van der Waals surface area (Å²) in [7, 11) is 0. The van der Waals surface area contributed by atoms with Crippen LogP contribution in [0.3, 0.4) is 0 Å². The largest absolute Gasteiger partial charge is 0.399 e. The fourth-order valence-electron chi connectivity index (χ4n) is 2.35. The number of nitrogens with two attached hydrogens (primary N) is 1. The third-order valence-electron chi connectivity index (χ3n) is 3.71. The maximum absolute atomic E-state index is 11.8. The van der Waals surface area contributed by atoms with Crippen molar-refractivity contribution in [1.29, 1.82) is 0 Å². The Kier molecular flexibility index (Phi) is 8.43. The topological polar surface area (TPSA) is 98.3 Å². The molecule has 7 heteroatoms. The van der Waals surface area contributed by atoms with Crippen LogP contribution in [0.1, 0.15) is 24.0 Å². The van der Waals surface area contributed by atoms with E-state index in [-0.39, 0.29) is 24.0 Å². The molecule has 0 aromatic heterocycles. The number of hydrogen-bond acceptors (Lipinski definition) is 4. The molecule has 0 aliphatic heterocycles. The van der Waals surface area contributed by atoms with Gasteiger partial charge in [0.2, 0.25) is 5.91 Å². The molecule has 25 heavy (non-hydrogen) atoms. The van der Waals surface area contributed by atoms with Crippen LogP contribution in [0.5, 0.6) is 0 Å². The lowest BCUT2D eigenvalue weighted by Crippen LogP contribution is -2.26. The maximum Gasteiger partial charge on any atom is 0.269 e. The van der Waals surface area contributed by atoms with Crippen molar-refractivity contribution in [2.24, 2.45) is 0 Å². The first-order chi connectivity index (χ1) is 11.5. The molecule has 2 aromatic rings. The van der Waals surface area contributed by atoms with Gasteiger partial charge < -0.3 is 11.1 Å². The number of nitrogens with one attached hydrogen (secondary N) is 1. The highest BCUT2D eigenvalue weighted by Crippen LogP contribution is 2.13. The minimum Gasteiger partial charge on any atom is -0.399 e. The Morgan fingerprint density at radius 2 is 1.60 bits per heavy atom. The number of amides is 1. The molecule has 0 aliphatic rings. The van der Waals surface area contributed by atoms with Crippen LogP contribution >= 0.6 is 12.4 Å². The van der Waals surface area contributed by atoms with Gasteiger partial charge in [-0.05, 0) is 42.5 Å². The maximum atomic E-state index is 11.8. The Bertz CT molecular complexity index is 688. The van der Waals surface area contributed by atoms with Crippen molar-refractivity contribution in [2.45, 2.75) is 25.7 Å². The van der Waals surface area contributed by atoms with Crippen LogP contribution in [-0.2, 0) is 17.6 Å². The number of aryl methyl sites for hydroxylation is 1. The summed E-state index contributed by atoms with van der Waals surface area (Å²) in [6.45, 7) is 0.626. The smallest absolute Gasteiger partial charge is 0.269 e. The third kappa shape index (κ3) is 7.22. The zero-order valence-electron chi connectivity index (χ0n) is 13.8. The molecule has 0 fully saturated rings. The van der Waals surface area contributed by atoms with Gasteiger partial charge in [0.25, 0.3) is 5.69 Å². The van der Waals surface area contributed by atoms with Crippen LogP contribution in [0.4, 0.5) is 11.4 Å². The zero-order valence-corrected chi connectivity index (χ0v) is 14.6. The van der Waals surface area contributed by atoms with Crippen molar-refractivity contribution >= 4 is 29.7 Å². The van der Waals surface area contributed by atoms with Gasteiger partial charge in [0.15, 0.2) is 0 Å². The van der Waals surface area contributed by atoms with Crippen molar-refractivity contribution in [3.8, 4) is 0 Å². The van der Waals surface area contributed by atoms with Crippen LogP contribution in [-0.4, -0.2) is 17.4 Å². The number of nitro benzene ring substituents is 1. The minimum absolute atomic E-state index is 0. The average molecular weight is 364 g/mol. The third-order valence-corrected chi connectivity index (χ3v) is 3.71. The molecule has 0 bridgehead atoms. The Morgan fingerprint density at radius 3 is 2.20 bits per heavy atom. The highest BCUT2D eigenvalue weighted by Gasteiger charge is 2.05. The zero-order chi connectivity index (χ0) is 17.4. The molecule has 2 aromatic carbocycles. The molecule has 0 heterocycles. The van der Waals surface area contributed by atoms with Crippen molar-refractivity contribution < 1.29 is 9.72 Å². The van der Waals surface area contributed by atoms with E-state index in [2.05, 4.69) is 5.32 Å². The second-order valence-corrected chi connectivity index (χ2v) is 5.65. The van der Waals surface area contributed by atoms with Gasteiger partial charge in [0.05, 0.1) is 11.3 Å². The van der Waals surface area contributed by atoms with E-state index < -0.39 is 4.92 Å².